The van der Waals surface area contributed by atoms with E-state index in [4.69, 9.17) is 9.47 Å². The minimum absolute atomic E-state index is 0.293. The van der Waals surface area contributed by atoms with E-state index < -0.39 is 11.5 Å². The predicted molar refractivity (Wildman–Crippen MR) is 105 cm³/mol. The van der Waals surface area contributed by atoms with Crippen molar-refractivity contribution in [2.24, 2.45) is 0 Å². The zero-order chi connectivity index (χ0) is 20.2. The van der Waals surface area contributed by atoms with Crippen LogP contribution in [0.4, 0.5) is 0 Å². The van der Waals surface area contributed by atoms with Gasteiger partial charge in [-0.1, -0.05) is 19.4 Å². The van der Waals surface area contributed by atoms with Gasteiger partial charge in [-0.2, -0.15) is 0 Å². The van der Waals surface area contributed by atoms with E-state index in [1.54, 1.807) is 14.0 Å². The molecule has 1 aromatic heterocycles. The summed E-state index contributed by atoms with van der Waals surface area (Å²) in [7, 11) is 2.95. The SMILES string of the molecule is CCCC(C)(NC(=O)c1cc(C)n(-c2cccc(OC)c2)c1C)C(=O)OC. The van der Waals surface area contributed by atoms with Crippen LogP contribution in [0.15, 0.2) is 30.3 Å². The fourth-order valence-electron chi connectivity index (χ4n) is 3.40. The van der Waals surface area contributed by atoms with E-state index in [1.807, 2.05) is 55.7 Å². The summed E-state index contributed by atoms with van der Waals surface area (Å²) in [6.45, 7) is 7.48. The quantitative estimate of drug-likeness (QED) is 0.755. The van der Waals surface area contributed by atoms with Crippen LogP contribution in [0, 0.1) is 13.8 Å². The number of amides is 1. The molecule has 146 valence electrons. The third-order valence-corrected chi connectivity index (χ3v) is 4.76. The molecule has 0 radical (unpaired) electrons. The number of ether oxygens (including phenoxy) is 2. The fourth-order valence-corrected chi connectivity index (χ4v) is 3.40. The highest BCUT2D eigenvalue weighted by Gasteiger charge is 2.36. The predicted octanol–water partition coefficient (Wildman–Crippen LogP) is 3.56. The Hall–Kier alpha value is -2.76. The van der Waals surface area contributed by atoms with Crippen LogP contribution in [0.25, 0.3) is 5.69 Å². The fraction of sp³-hybridized carbons (Fsp3) is 0.429. The van der Waals surface area contributed by atoms with Gasteiger partial charge >= 0.3 is 5.97 Å². The lowest BCUT2D eigenvalue weighted by molar-refractivity contribution is -0.147. The Kier molecular flexibility index (Phi) is 6.31. The summed E-state index contributed by atoms with van der Waals surface area (Å²) in [5, 5.41) is 2.87. The van der Waals surface area contributed by atoms with E-state index in [-0.39, 0.29) is 5.91 Å². The minimum Gasteiger partial charge on any atom is -0.497 e. The first-order valence-corrected chi connectivity index (χ1v) is 9.01. The minimum atomic E-state index is -1.06. The van der Waals surface area contributed by atoms with E-state index in [0.29, 0.717) is 12.0 Å². The largest absolute Gasteiger partial charge is 0.497 e. The second-order valence-electron chi connectivity index (χ2n) is 6.85. The number of aryl methyl sites for hydroxylation is 1. The topological polar surface area (TPSA) is 69.6 Å². The second kappa shape index (κ2) is 8.29. The number of nitrogens with zero attached hydrogens (tertiary/aromatic N) is 1. The molecule has 0 saturated carbocycles. The van der Waals surface area contributed by atoms with Crippen molar-refractivity contribution in [3.8, 4) is 11.4 Å². The molecular formula is C21H28N2O4. The van der Waals surface area contributed by atoms with Crippen LogP contribution >= 0.6 is 0 Å². The smallest absolute Gasteiger partial charge is 0.331 e. The lowest BCUT2D eigenvalue weighted by Gasteiger charge is -2.27. The summed E-state index contributed by atoms with van der Waals surface area (Å²) >= 11 is 0. The third-order valence-electron chi connectivity index (χ3n) is 4.76. The Morgan fingerprint density at radius 1 is 1.19 bits per heavy atom. The average Bonchev–Trinajstić information content (AvgIpc) is 2.95. The van der Waals surface area contributed by atoms with Crippen molar-refractivity contribution in [1.82, 2.24) is 9.88 Å². The molecule has 1 atom stereocenters. The highest BCUT2D eigenvalue weighted by molar-refractivity contribution is 5.99. The first kappa shape index (κ1) is 20.6. The Labute approximate surface area is 160 Å². The summed E-state index contributed by atoms with van der Waals surface area (Å²) in [6.07, 6.45) is 1.24. The van der Waals surface area contributed by atoms with Crippen molar-refractivity contribution in [3.05, 3.63) is 47.3 Å². The molecule has 1 aromatic carbocycles. The van der Waals surface area contributed by atoms with Gasteiger partial charge in [0.15, 0.2) is 0 Å². The maximum atomic E-state index is 12.9. The molecule has 2 rings (SSSR count). The zero-order valence-electron chi connectivity index (χ0n) is 16.9. The van der Waals surface area contributed by atoms with Gasteiger partial charge in [0.05, 0.1) is 19.8 Å². The van der Waals surface area contributed by atoms with Crippen LogP contribution in [0.3, 0.4) is 0 Å². The van der Waals surface area contributed by atoms with Gasteiger partial charge in [-0.15, -0.1) is 0 Å². The monoisotopic (exact) mass is 372 g/mol. The number of rotatable bonds is 7. The number of esters is 1. The van der Waals surface area contributed by atoms with Crippen LogP contribution in [-0.4, -0.2) is 36.2 Å². The molecule has 1 amide bonds. The van der Waals surface area contributed by atoms with Gasteiger partial charge in [-0.05, 0) is 45.4 Å². The van der Waals surface area contributed by atoms with Crippen LogP contribution in [0.1, 0.15) is 48.4 Å². The molecule has 0 fully saturated rings. The second-order valence-corrected chi connectivity index (χ2v) is 6.85. The highest BCUT2D eigenvalue weighted by atomic mass is 16.5. The number of hydrogen-bond donors (Lipinski definition) is 1. The molecule has 0 aliphatic rings. The van der Waals surface area contributed by atoms with Gasteiger partial charge in [0.1, 0.15) is 11.3 Å². The molecule has 0 spiro atoms. The molecule has 2 aromatic rings. The summed E-state index contributed by atoms with van der Waals surface area (Å²) in [5.41, 5.74) is 2.09. The molecular weight excluding hydrogens is 344 g/mol. The molecule has 0 bridgehead atoms. The molecule has 0 aliphatic carbocycles. The summed E-state index contributed by atoms with van der Waals surface area (Å²) in [6, 6.07) is 9.48. The molecule has 27 heavy (non-hydrogen) atoms. The van der Waals surface area contributed by atoms with Gasteiger partial charge in [0.25, 0.3) is 5.91 Å². The van der Waals surface area contributed by atoms with Crippen LogP contribution in [0.2, 0.25) is 0 Å². The lowest BCUT2D eigenvalue weighted by atomic mass is 9.95. The third kappa shape index (κ3) is 4.15. The normalized spacial score (nSPS) is 13.0. The van der Waals surface area contributed by atoms with Crippen molar-refractivity contribution < 1.29 is 19.1 Å². The van der Waals surface area contributed by atoms with Gasteiger partial charge in [0.2, 0.25) is 0 Å². The average molecular weight is 372 g/mol. The molecule has 1 N–H and O–H groups in total. The molecule has 0 aliphatic heterocycles. The lowest BCUT2D eigenvalue weighted by Crippen LogP contribution is -2.52. The van der Waals surface area contributed by atoms with E-state index in [9.17, 15) is 9.59 Å². The maximum Gasteiger partial charge on any atom is 0.331 e. The first-order chi connectivity index (χ1) is 12.8. The van der Waals surface area contributed by atoms with E-state index >= 15 is 0 Å². The molecule has 1 heterocycles. The molecule has 6 nitrogen and oxygen atoms in total. The van der Waals surface area contributed by atoms with Crippen molar-refractivity contribution in [2.45, 2.75) is 46.1 Å². The van der Waals surface area contributed by atoms with Crippen LogP contribution < -0.4 is 10.1 Å². The first-order valence-electron chi connectivity index (χ1n) is 9.01. The standard InChI is InChI=1S/C21H28N2O4/c1-7-11-21(4,20(25)27-6)22-19(24)18-12-14(2)23(15(18)3)16-9-8-10-17(13-16)26-5/h8-10,12-13H,7,11H2,1-6H3,(H,22,24). The summed E-state index contributed by atoms with van der Waals surface area (Å²) in [5.74, 6) is 0.00473. The Morgan fingerprint density at radius 3 is 2.48 bits per heavy atom. The van der Waals surface area contributed by atoms with Gasteiger partial charge in [0, 0.05) is 23.1 Å². The van der Waals surface area contributed by atoms with Gasteiger partial charge < -0.3 is 19.4 Å². The van der Waals surface area contributed by atoms with Crippen LogP contribution in [0.5, 0.6) is 5.75 Å². The van der Waals surface area contributed by atoms with Crippen molar-refractivity contribution >= 4 is 11.9 Å². The highest BCUT2D eigenvalue weighted by Crippen LogP contribution is 2.24. The number of benzene rings is 1. The Balaban J connectivity index is 2.39. The molecule has 0 saturated heterocycles. The molecule has 6 heteroatoms. The number of hydrogen-bond acceptors (Lipinski definition) is 4. The van der Waals surface area contributed by atoms with E-state index in [2.05, 4.69) is 5.32 Å². The van der Waals surface area contributed by atoms with Crippen LogP contribution in [-0.2, 0) is 9.53 Å². The van der Waals surface area contributed by atoms with E-state index in [0.717, 1.165) is 29.2 Å². The summed E-state index contributed by atoms with van der Waals surface area (Å²) < 4.78 is 12.2. The number of carbonyl (C=O) groups is 2. The Bertz CT molecular complexity index is 841. The maximum absolute atomic E-state index is 12.9. The van der Waals surface area contributed by atoms with Crippen molar-refractivity contribution in [3.63, 3.8) is 0 Å². The van der Waals surface area contributed by atoms with Crippen molar-refractivity contribution in [2.75, 3.05) is 14.2 Å². The van der Waals surface area contributed by atoms with Crippen molar-refractivity contribution in [1.29, 1.82) is 0 Å². The van der Waals surface area contributed by atoms with Gasteiger partial charge in [-0.3, -0.25) is 4.79 Å². The van der Waals surface area contributed by atoms with Gasteiger partial charge in [-0.25, -0.2) is 4.79 Å². The summed E-state index contributed by atoms with van der Waals surface area (Å²) in [4.78, 5) is 25.1. The van der Waals surface area contributed by atoms with E-state index in [1.165, 1.54) is 7.11 Å². The number of methoxy groups -OCH3 is 2. The zero-order valence-corrected chi connectivity index (χ0v) is 16.9. The number of aromatic nitrogens is 1. The number of nitrogens with one attached hydrogen (secondary N) is 1. The number of carbonyl (C=O) groups excluding carboxylic acids is 2. The molecule has 1 unspecified atom stereocenters. The Morgan fingerprint density at radius 2 is 1.89 bits per heavy atom.